The molecule has 0 fully saturated rings. The fourth-order valence-electron chi connectivity index (χ4n) is 1.96. The molecular weight excluding hydrogens is 346 g/mol. The molecule has 0 atom stereocenters. The van der Waals surface area contributed by atoms with E-state index in [4.69, 9.17) is 4.52 Å². The molecular formula is C16H12BrN3O2. The largest absolute Gasteiger partial charge is 0.339 e. The van der Waals surface area contributed by atoms with E-state index in [9.17, 15) is 4.79 Å². The van der Waals surface area contributed by atoms with Crippen LogP contribution in [-0.4, -0.2) is 16.0 Å². The van der Waals surface area contributed by atoms with Crippen molar-refractivity contribution in [2.75, 3.05) is 5.32 Å². The Morgan fingerprint density at radius 2 is 1.95 bits per heavy atom. The van der Waals surface area contributed by atoms with Crippen molar-refractivity contribution in [2.24, 2.45) is 0 Å². The quantitative estimate of drug-likeness (QED) is 0.767. The van der Waals surface area contributed by atoms with Crippen molar-refractivity contribution in [3.8, 4) is 11.4 Å². The zero-order valence-electron chi connectivity index (χ0n) is 11.7. The van der Waals surface area contributed by atoms with Gasteiger partial charge in [-0.2, -0.15) is 4.98 Å². The van der Waals surface area contributed by atoms with Crippen LogP contribution in [0.15, 0.2) is 57.5 Å². The fraction of sp³-hybridized carbons (Fsp3) is 0.0625. The molecule has 0 aliphatic heterocycles. The molecule has 0 saturated heterocycles. The van der Waals surface area contributed by atoms with Gasteiger partial charge in [0.05, 0.1) is 0 Å². The fourth-order valence-corrected chi connectivity index (χ4v) is 2.36. The van der Waals surface area contributed by atoms with Crippen molar-refractivity contribution in [2.45, 2.75) is 6.92 Å². The summed E-state index contributed by atoms with van der Waals surface area (Å²) >= 11 is 3.37. The minimum Gasteiger partial charge on any atom is -0.339 e. The number of rotatable bonds is 3. The standard InChI is InChI=1S/C16H12BrN3O2/c1-10-18-15(20-22-10)11-5-7-12(8-6-11)16(21)19-14-4-2-3-13(17)9-14/h2-9H,1H3,(H,19,21). The highest BCUT2D eigenvalue weighted by atomic mass is 79.9. The van der Waals surface area contributed by atoms with Crippen molar-refractivity contribution < 1.29 is 9.32 Å². The van der Waals surface area contributed by atoms with Crippen LogP contribution in [0.4, 0.5) is 5.69 Å². The van der Waals surface area contributed by atoms with Gasteiger partial charge >= 0.3 is 0 Å². The van der Waals surface area contributed by atoms with Crippen LogP contribution < -0.4 is 5.32 Å². The molecule has 1 amide bonds. The zero-order chi connectivity index (χ0) is 15.5. The van der Waals surface area contributed by atoms with Gasteiger partial charge in [-0.1, -0.05) is 39.3 Å². The molecule has 0 unspecified atom stereocenters. The van der Waals surface area contributed by atoms with E-state index in [0.717, 1.165) is 15.7 Å². The number of anilines is 1. The molecule has 3 aromatic rings. The van der Waals surface area contributed by atoms with Crippen molar-refractivity contribution in [1.29, 1.82) is 0 Å². The highest BCUT2D eigenvalue weighted by Gasteiger charge is 2.09. The average molecular weight is 358 g/mol. The third-order valence-corrected chi connectivity index (χ3v) is 3.51. The van der Waals surface area contributed by atoms with Crippen molar-refractivity contribution in [1.82, 2.24) is 10.1 Å². The normalized spacial score (nSPS) is 10.5. The van der Waals surface area contributed by atoms with Gasteiger partial charge in [-0.05, 0) is 30.3 Å². The average Bonchev–Trinajstić information content (AvgIpc) is 2.94. The molecule has 0 bridgehead atoms. The van der Waals surface area contributed by atoms with Crippen molar-refractivity contribution in [3.05, 3.63) is 64.5 Å². The molecule has 1 aromatic heterocycles. The summed E-state index contributed by atoms with van der Waals surface area (Å²) in [6, 6.07) is 14.5. The number of hydrogen-bond donors (Lipinski definition) is 1. The van der Waals surface area contributed by atoms with E-state index in [0.29, 0.717) is 17.3 Å². The van der Waals surface area contributed by atoms with E-state index in [2.05, 4.69) is 31.4 Å². The first-order valence-corrected chi connectivity index (χ1v) is 7.39. The molecule has 22 heavy (non-hydrogen) atoms. The number of aromatic nitrogens is 2. The van der Waals surface area contributed by atoms with Crippen LogP contribution in [0.3, 0.4) is 0 Å². The predicted molar refractivity (Wildman–Crippen MR) is 86.6 cm³/mol. The highest BCUT2D eigenvalue weighted by molar-refractivity contribution is 9.10. The summed E-state index contributed by atoms with van der Waals surface area (Å²) in [6.07, 6.45) is 0. The summed E-state index contributed by atoms with van der Waals surface area (Å²) in [5.41, 5.74) is 2.09. The minimum atomic E-state index is -0.172. The number of nitrogens with one attached hydrogen (secondary N) is 1. The lowest BCUT2D eigenvalue weighted by Crippen LogP contribution is -2.11. The van der Waals surface area contributed by atoms with Crippen LogP contribution in [0.1, 0.15) is 16.2 Å². The number of hydrogen-bond acceptors (Lipinski definition) is 4. The Morgan fingerprint density at radius 1 is 1.18 bits per heavy atom. The van der Waals surface area contributed by atoms with Crippen LogP contribution in [0.2, 0.25) is 0 Å². The van der Waals surface area contributed by atoms with Crippen LogP contribution in [0.5, 0.6) is 0 Å². The van der Waals surface area contributed by atoms with Gasteiger partial charge in [0.25, 0.3) is 5.91 Å². The Balaban J connectivity index is 1.76. The van der Waals surface area contributed by atoms with Gasteiger partial charge in [0, 0.05) is 28.2 Å². The summed E-state index contributed by atoms with van der Waals surface area (Å²) < 4.78 is 5.85. The number of benzene rings is 2. The maximum atomic E-state index is 12.2. The topological polar surface area (TPSA) is 68.0 Å². The van der Waals surface area contributed by atoms with Crippen molar-refractivity contribution in [3.63, 3.8) is 0 Å². The van der Waals surface area contributed by atoms with Gasteiger partial charge in [0.15, 0.2) is 0 Å². The van der Waals surface area contributed by atoms with E-state index < -0.39 is 0 Å². The third-order valence-electron chi connectivity index (χ3n) is 3.02. The molecule has 0 aliphatic carbocycles. The Morgan fingerprint density at radius 3 is 2.59 bits per heavy atom. The van der Waals surface area contributed by atoms with Crippen LogP contribution in [-0.2, 0) is 0 Å². The number of halogens is 1. The summed E-state index contributed by atoms with van der Waals surface area (Å²) in [7, 11) is 0. The number of amides is 1. The Bertz CT molecular complexity index is 812. The smallest absolute Gasteiger partial charge is 0.255 e. The van der Waals surface area contributed by atoms with Crippen LogP contribution in [0, 0.1) is 6.92 Å². The molecule has 110 valence electrons. The van der Waals surface area contributed by atoms with Gasteiger partial charge < -0.3 is 9.84 Å². The summed E-state index contributed by atoms with van der Waals surface area (Å²) in [6.45, 7) is 1.73. The lowest BCUT2D eigenvalue weighted by molar-refractivity contribution is 0.102. The number of carbonyl (C=O) groups is 1. The van der Waals surface area contributed by atoms with Gasteiger partial charge in [0.2, 0.25) is 11.7 Å². The number of nitrogens with zero attached hydrogens (tertiary/aromatic N) is 2. The second kappa shape index (κ2) is 6.11. The van der Waals surface area contributed by atoms with Gasteiger partial charge in [-0.25, -0.2) is 0 Å². The summed E-state index contributed by atoms with van der Waals surface area (Å²) in [5.74, 6) is 0.844. The van der Waals surface area contributed by atoms with Gasteiger partial charge in [0.1, 0.15) is 0 Å². The minimum absolute atomic E-state index is 0.172. The van der Waals surface area contributed by atoms with E-state index in [-0.39, 0.29) is 5.91 Å². The Kier molecular flexibility index (Phi) is 4.02. The maximum absolute atomic E-state index is 12.2. The zero-order valence-corrected chi connectivity index (χ0v) is 13.3. The van der Waals surface area contributed by atoms with E-state index in [1.54, 1.807) is 31.2 Å². The molecule has 0 saturated carbocycles. The van der Waals surface area contributed by atoms with Gasteiger partial charge in [-0.15, -0.1) is 0 Å². The van der Waals surface area contributed by atoms with E-state index in [1.807, 2.05) is 24.3 Å². The Hall–Kier alpha value is -2.47. The van der Waals surface area contributed by atoms with Crippen LogP contribution >= 0.6 is 15.9 Å². The third kappa shape index (κ3) is 3.23. The Labute approximate surface area is 135 Å². The van der Waals surface area contributed by atoms with Crippen molar-refractivity contribution >= 4 is 27.5 Å². The first-order valence-electron chi connectivity index (χ1n) is 6.59. The predicted octanol–water partition coefficient (Wildman–Crippen LogP) is 4.06. The van der Waals surface area contributed by atoms with Crippen LogP contribution in [0.25, 0.3) is 11.4 Å². The first-order chi connectivity index (χ1) is 10.6. The monoisotopic (exact) mass is 357 g/mol. The lowest BCUT2D eigenvalue weighted by atomic mass is 10.1. The molecule has 0 radical (unpaired) electrons. The first kappa shape index (κ1) is 14.5. The molecule has 3 rings (SSSR count). The highest BCUT2D eigenvalue weighted by Crippen LogP contribution is 2.19. The molecule has 2 aromatic carbocycles. The number of carbonyl (C=O) groups excluding carboxylic acids is 1. The SMILES string of the molecule is Cc1nc(-c2ccc(C(=O)Nc3cccc(Br)c3)cc2)no1. The second-order valence-electron chi connectivity index (χ2n) is 4.68. The molecule has 1 heterocycles. The summed E-state index contributed by atoms with van der Waals surface area (Å²) in [4.78, 5) is 16.4. The molecule has 0 spiro atoms. The summed E-state index contributed by atoms with van der Waals surface area (Å²) in [5, 5.41) is 6.69. The molecule has 6 heteroatoms. The lowest BCUT2D eigenvalue weighted by Gasteiger charge is -2.06. The molecule has 5 nitrogen and oxygen atoms in total. The maximum Gasteiger partial charge on any atom is 0.255 e. The second-order valence-corrected chi connectivity index (χ2v) is 5.59. The number of aryl methyl sites for hydroxylation is 1. The van der Waals surface area contributed by atoms with E-state index in [1.165, 1.54) is 0 Å². The van der Waals surface area contributed by atoms with Gasteiger partial charge in [-0.3, -0.25) is 4.79 Å². The molecule has 0 aliphatic rings. The molecule has 1 N–H and O–H groups in total. The van der Waals surface area contributed by atoms with E-state index >= 15 is 0 Å².